The van der Waals surface area contributed by atoms with Crippen LogP contribution < -0.4 is 15.5 Å². The van der Waals surface area contributed by atoms with Crippen LogP contribution in [0.2, 0.25) is 0 Å². The maximum Gasteiger partial charge on any atom is 0.338 e. The molecule has 1 aliphatic rings. The SMILES string of the molecule is CCCCOC(=O)c1ccc(N2C(=O)C(Cl)=C(Nc3ccc(C(=O)Nc4nccs4)cc3)C2=O)cc1. The van der Waals surface area contributed by atoms with Crippen LogP contribution in [0.5, 0.6) is 0 Å². The van der Waals surface area contributed by atoms with Crippen molar-refractivity contribution in [3.8, 4) is 0 Å². The summed E-state index contributed by atoms with van der Waals surface area (Å²) in [5, 5.41) is 7.50. The molecule has 2 heterocycles. The van der Waals surface area contributed by atoms with Crippen LogP contribution >= 0.6 is 22.9 Å². The number of carbonyl (C=O) groups is 4. The van der Waals surface area contributed by atoms with Crippen molar-refractivity contribution in [3.63, 3.8) is 0 Å². The Bertz CT molecular complexity index is 1320. The summed E-state index contributed by atoms with van der Waals surface area (Å²) in [7, 11) is 0. The van der Waals surface area contributed by atoms with Crippen molar-refractivity contribution in [3.05, 3.63) is 82.0 Å². The Morgan fingerprint density at radius 1 is 1.03 bits per heavy atom. The number of imide groups is 1. The zero-order chi connectivity index (χ0) is 25.7. The monoisotopic (exact) mass is 524 g/mol. The molecule has 0 spiro atoms. The minimum atomic E-state index is -0.693. The zero-order valence-corrected chi connectivity index (χ0v) is 20.7. The van der Waals surface area contributed by atoms with Gasteiger partial charge in [-0.2, -0.15) is 0 Å². The first-order valence-corrected chi connectivity index (χ1v) is 12.3. The first kappa shape index (κ1) is 25.1. The topological polar surface area (TPSA) is 118 Å². The second-order valence-electron chi connectivity index (χ2n) is 7.66. The number of anilines is 3. The highest BCUT2D eigenvalue weighted by Crippen LogP contribution is 2.30. The lowest BCUT2D eigenvalue weighted by Gasteiger charge is -2.15. The van der Waals surface area contributed by atoms with Gasteiger partial charge in [-0.1, -0.05) is 24.9 Å². The maximum atomic E-state index is 13.0. The molecule has 4 rings (SSSR count). The number of halogens is 1. The smallest absolute Gasteiger partial charge is 0.338 e. The predicted molar refractivity (Wildman–Crippen MR) is 137 cm³/mol. The molecule has 11 heteroatoms. The molecule has 3 amide bonds. The standard InChI is InChI=1S/C25H21ClN4O5S/c1-2-3-13-35-24(34)16-6-10-18(11-7-16)30-22(32)19(26)20(23(30)33)28-17-8-4-15(5-9-17)21(31)29-25-27-12-14-36-25/h4-12,14,28H,2-3,13H2,1H3,(H,27,29,31). The lowest BCUT2D eigenvalue weighted by molar-refractivity contribution is -0.120. The van der Waals surface area contributed by atoms with Crippen LogP contribution in [-0.2, 0) is 14.3 Å². The number of amides is 3. The van der Waals surface area contributed by atoms with Gasteiger partial charge in [-0.15, -0.1) is 11.3 Å². The lowest BCUT2D eigenvalue weighted by Crippen LogP contribution is -2.32. The van der Waals surface area contributed by atoms with Crippen LogP contribution in [0.1, 0.15) is 40.5 Å². The summed E-state index contributed by atoms with van der Waals surface area (Å²) in [6.45, 7) is 2.32. The van der Waals surface area contributed by atoms with Gasteiger partial charge in [-0.05, 0) is 55.0 Å². The molecule has 0 radical (unpaired) electrons. The van der Waals surface area contributed by atoms with Gasteiger partial charge in [0, 0.05) is 22.8 Å². The van der Waals surface area contributed by atoms with E-state index in [1.54, 1.807) is 35.8 Å². The molecule has 0 unspecified atom stereocenters. The summed E-state index contributed by atoms with van der Waals surface area (Å²) in [6.07, 6.45) is 3.26. The highest BCUT2D eigenvalue weighted by atomic mass is 35.5. The van der Waals surface area contributed by atoms with Crippen molar-refractivity contribution in [1.82, 2.24) is 4.98 Å². The Morgan fingerprint density at radius 2 is 1.72 bits per heavy atom. The number of hydrogen-bond donors (Lipinski definition) is 2. The van der Waals surface area contributed by atoms with Gasteiger partial charge in [0.2, 0.25) is 0 Å². The second kappa shape index (κ2) is 11.1. The number of thiazole rings is 1. The lowest BCUT2D eigenvalue weighted by atomic mass is 10.2. The largest absolute Gasteiger partial charge is 0.462 e. The van der Waals surface area contributed by atoms with Gasteiger partial charge in [0.05, 0.1) is 17.9 Å². The van der Waals surface area contributed by atoms with E-state index >= 15 is 0 Å². The van der Waals surface area contributed by atoms with E-state index in [2.05, 4.69) is 15.6 Å². The van der Waals surface area contributed by atoms with E-state index in [4.69, 9.17) is 16.3 Å². The molecule has 0 saturated carbocycles. The molecule has 36 heavy (non-hydrogen) atoms. The number of unbranched alkanes of at least 4 members (excludes halogenated alkanes) is 1. The minimum absolute atomic E-state index is 0.0929. The third kappa shape index (κ3) is 5.45. The fraction of sp³-hybridized carbons (Fsp3) is 0.160. The van der Waals surface area contributed by atoms with Crippen molar-refractivity contribution in [2.75, 3.05) is 22.1 Å². The van der Waals surface area contributed by atoms with Gasteiger partial charge < -0.3 is 10.1 Å². The van der Waals surface area contributed by atoms with E-state index in [1.165, 1.54) is 35.6 Å². The summed E-state index contributed by atoms with van der Waals surface area (Å²) in [5.74, 6) is -2.14. The van der Waals surface area contributed by atoms with Crippen molar-refractivity contribution in [2.45, 2.75) is 19.8 Å². The van der Waals surface area contributed by atoms with Crippen molar-refractivity contribution in [1.29, 1.82) is 0 Å². The molecule has 0 atom stereocenters. The predicted octanol–water partition coefficient (Wildman–Crippen LogP) is 4.79. The van der Waals surface area contributed by atoms with E-state index in [9.17, 15) is 19.2 Å². The molecular formula is C25H21ClN4O5S. The Labute approximate surface area is 215 Å². The first-order valence-electron chi connectivity index (χ1n) is 11.0. The molecule has 2 N–H and O–H groups in total. The Kier molecular flexibility index (Phi) is 7.77. The first-order chi connectivity index (χ1) is 17.4. The van der Waals surface area contributed by atoms with Crippen LogP contribution in [0.3, 0.4) is 0 Å². The number of rotatable bonds is 9. The molecular weight excluding hydrogens is 504 g/mol. The van der Waals surface area contributed by atoms with E-state index in [1.807, 2.05) is 6.92 Å². The molecule has 0 bridgehead atoms. The number of benzene rings is 2. The van der Waals surface area contributed by atoms with Crippen LogP contribution in [0.25, 0.3) is 0 Å². The zero-order valence-electron chi connectivity index (χ0n) is 19.1. The van der Waals surface area contributed by atoms with Crippen molar-refractivity contribution in [2.24, 2.45) is 0 Å². The second-order valence-corrected chi connectivity index (χ2v) is 8.94. The number of ether oxygens (including phenoxy) is 1. The Morgan fingerprint density at radius 3 is 2.36 bits per heavy atom. The third-order valence-electron chi connectivity index (χ3n) is 5.19. The highest BCUT2D eigenvalue weighted by molar-refractivity contribution is 7.13. The van der Waals surface area contributed by atoms with Gasteiger partial charge in [-0.25, -0.2) is 14.7 Å². The maximum absolute atomic E-state index is 13.0. The molecule has 1 aliphatic heterocycles. The summed E-state index contributed by atoms with van der Waals surface area (Å²) in [5.41, 5.74) is 1.33. The molecule has 184 valence electrons. The van der Waals surface area contributed by atoms with Crippen LogP contribution in [0.4, 0.5) is 16.5 Å². The van der Waals surface area contributed by atoms with E-state index in [-0.39, 0.29) is 22.3 Å². The fourth-order valence-corrected chi connectivity index (χ4v) is 4.03. The molecule has 3 aromatic rings. The van der Waals surface area contributed by atoms with Gasteiger partial charge in [0.1, 0.15) is 10.7 Å². The molecule has 9 nitrogen and oxygen atoms in total. The van der Waals surface area contributed by atoms with Crippen LogP contribution in [-0.4, -0.2) is 35.3 Å². The number of aromatic nitrogens is 1. The Hall–Kier alpha value is -4.02. The molecule has 0 aliphatic carbocycles. The van der Waals surface area contributed by atoms with E-state index in [0.717, 1.165) is 17.7 Å². The summed E-state index contributed by atoms with van der Waals surface area (Å²) in [6, 6.07) is 12.2. The molecule has 0 saturated heterocycles. The van der Waals surface area contributed by atoms with E-state index in [0.29, 0.717) is 28.6 Å². The number of esters is 1. The number of nitrogens with zero attached hydrogens (tertiary/aromatic N) is 2. The number of nitrogens with one attached hydrogen (secondary N) is 2. The summed E-state index contributed by atoms with van der Waals surface area (Å²) < 4.78 is 5.17. The summed E-state index contributed by atoms with van der Waals surface area (Å²) in [4.78, 5) is 55.1. The quantitative estimate of drug-likeness (QED) is 0.235. The highest BCUT2D eigenvalue weighted by Gasteiger charge is 2.39. The number of carbonyl (C=O) groups excluding carboxylic acids is 4. The molecule has 0 fully saturated rings. The Balaban J connectivity index is 1.42. The average Bonchev–Trinajstić information content (AvgIpc) is 3.47. The van der Waals surface area contributed by atoms with Crippen molar-refractivity contribution >= 4 is 63.1 Å². The van der Waals surface area contributed by atoms with Crippen molar-refractivity contribution < 1.29 is 23.9 Å². The van der Waals surface area contributed by atoms with Gasteiger partial charge in [-0.3, -0.25) is 19.7 Å². The van der Waals surface area contributed by atoms with Gasteiger partial charge in [0.25, 0.3) is 17.7 Å². The average molecular weight is 525 g/mol. The molecule has 1 aromatic heterocycles. The summed E-state index contributed by atoms with van der Waals surface area (Å²) >= 11 is 7.50. The minimum Gasteiger partial charge on any atom is -0.462 e. The number of hydrogen-bond acceptors (Lipinski definition) is 8. The normalized spacial score (nSPS) is 13.2. The van der Waals surface area contributed by atoms with Crippen LogP contribution in [0, 0.1) is 0 Å². The third-order valence-corrected chi connectivity index (χ3v) is 6.23. The van der Waals surface area contributed by atoms with E-state index < -0.39 is 17.8 Å². The fourth-order valence-electron chi connectivity index (χ4n) is 3.29. The van der Waals surface area contributed by atoms with Crippen LogP contribution in [0.15, 0.2) is 70.8 Å². The van der Waals surface area contributed by atoms with Gasteiger partial charge >= 0.3 is 5.97 Å². The molecule has 2 aromatic carbocycles. The van der Waals surface area contributed by atoms with Gasteiger partial charge in [0.15, 0.2) is 5.13 Å².